The summed E-state index contributed by atoms with van der Waals surface area (Å²) in [5.41, 5.74) is 0. The average molecular weight is 1470 g/mol. The van der Waals surface area contributed by atoms with Crippen molar-refractivity contribution in [3.05, 3.63) is 0 Å². The van der Waals surface area contributed by atoms with Crippen molar-refractivity contribution in [2.45, 2.75) is 439 Å². The van der Waals surface area contributed by atoms with Gasteiger partial charge in [-0.05, 0) is 43.4 Å². The maximum atomic E-state index is 13.1. The lowest BCUT2D eigenvalue weighted by molar-refractivity contribution is -0.161. The van der Waals surface area contributed by atoms with E-state index in [1.807, 2.05) is 0 Å². The Morgan fingerprint density at radius 2 is 0.510 bits per heavy atom. The van der Waals surface area contributed by atoms with E-state index in [4.69, 9.17) is 37.0 Å². The van der Waals surface area contributed by atoms with Gasteiger partial charge in [0, 0.05) is 25.7 Å². The highest BCUT2D eigenvalue weighted by Gasteiger charge is 2.30. The second-order valence-corrected chi connectivity index (χ2v) is 33.3. The molecule has 0 aliphatic heterocycles. The molecule has 0 fully saturated rings. The van der Waals surface area contributed by atoms with E-state index in [2.05, 4.69) is 48.5 Å². The number of aliphatic hydroxyl groups is 1. The summed E-state index contributed by atoms with van der Waals surface area (Å²) in [5, 5.41) is 10.6. The molecular formula is C81H158O17P2. The van der Waals surface area contributed by atoms with Crippen LogP contribution in [0.15, 0.2) is 0 Å². The molecule has 0 aliphatic carbocycles. The van der Waals surface area contributed by atoms with Crippen molar-refractivity contribution in [1.29, 1.82) is 0 Å². The number of unbranched alkanes of at least 4 members (excludes halogenated alkanes) is 46. The van der Waals surface area contributed by atoms with Crippen molar-refractivity contribution in [3.63, 3.8) is 0 Å². The van der Waals surface area contributed by atoms with Gasteiger partial charge in [0.05, 0.1) is 26.4 Å². The lowest BCUT2D eigenvalue weighted by Crippen LogP contribution is -2.30. The van der Waals surface area contributed by atoms with Gasteiger partial charge in [0.25, 0.3) is 0 Å². The standard InChI is InChI=1S/C81H158O17P2/c1-8-10-11-12-13-14-15-16-17-18-19-20-21-22-23-24-29-32-35-41-50-57-64-80(85)97-76(68-91-78(83)62-55-48-40-34-31-28-26-25-27-30-33-38-45-52-59-72(3)4)70-95-99(87,88)93-66-75(82)67-94-100(89,90)96-71-77(69-92-79(84)63-56-49-44-43-46-53-60-73(5)6)98-81(86)65-58-51-42-37-36-39-47-54-61-74(7)9-2/h72-77,82H,8-71H2,1-7H3,(H,87,88)(H,89,90)/t74?,75-,76-,77-/m1/s1. The number of ether oxygens (including phenoxy) is 4. The number of rotatable bonds is 79. The first-order valence-electron chi connectivity index (χ1n) is 41.9. The van der Waals surface area contributed by atoms with Gasteiger partial charge in [-0.1, -0.05) is 370 Å². The molecule has 3 unspecified atom stereocenters. The van der Waals surface area contributed by atoms with Crippen molar-refractivity contribution in [3.8, 4) is 0 Å². The minimum Gasteiger partial charge on any atom is -0.462 e. The minimum atomic E-state index is -4.96. The molecule has 0 amide bonds. The fourth-order valence-corrected chi connectivity index (χ4v) is 14.0. The molecular weight excluding hydrogens is 1310 g/mol. The number of hydrogen-bond donors (Lipinski definition) is 3. The van der Waals surface area contributed by atoms with Crippen LogP contribution in [0.4, 0.5) is 0 Å². The first kappa shape index (κ1) is 98.1. The van der Waals surface area contributed by atoms with E-state index in [9.17, 15) is 43.2 Å². The number of hydrogen-bond acceptors (Lipinski definition) is 15. The Balaban J connectivity index is 5.20. The third-order valence-corrected chi connectivity index (χ3v) is 21.1. The third-order valence-electron chi connectivity index (χ3n) is 19.2. The first-order chi connectivity index (χ1) is 48.3. The van der Waals surface area contributed by atoms with Gasteiger partial charge < -0.3 is 33.8 Å². The molecule has 0 rings (SSSR count). The smallest absolute Gasteiger partial charge is 0.462 e. The highest BCUT2D eigenvalue weighted by molar-refractivity contribution is 7.47. The summed E-state index contributed by atoms with van der Waals surface area (Å²) in [7, 11) is -9.92. The Morgan fingerprint density at radius 1 is 0.290 bits per heavy atom. The molecule has 0 aliphatic rings. The minimum absolute atomic E-state index is 0.104. The molecule has 0 aromatic rings. The Bertz CT molecular complexity index is 1940. The summed E-state index contributed by atoms with van der Waals surface area (Å²) in [5.74, 6) is 0.131. The maximum absolute atomic E-state index is 13.1. The van der Waals surface area contributed by atoms with E-state index in [0.29, 0.717) is 31.6 Å². The predicted octanol–water partition coefficient (Wildman–Crippen LogP) is 24.1. The molecule has 0 aromatic heterocycles. The topological polar surface area (TPSA) is 237 Å². The fraction of sp³-hybridized carbons (Fsp3) is 0.951. The summed E-state index contributed by atoms with van der Waals surface area (Å²) in [4.78, 5) is 72.9. The van der Waals surface area contributed by atoms with Crippen LogP contribution in [0.25, 0.3) is 0 Å². The van der Waals surface area contributed by atoms with E-state index in [-0.39, 0.29) is 25.7 Å². The molecule has 17 nitrogen and oxygen atoms in total. The zero-order valence-electron chi connectivity index (χ0n) is 65.7. The maximum Gasteiger partial charge on any atom is 0.472 e. The van der Waals surface area contributed by atoms with Crippen molar-refractivity contribution < 1.29 is 80.2 Å². The molecule has 594 valence electrons. The number of aliphatic hydroxyl groups excluding tert-OH is 1. The number of carbonyl (C=O) groups is 4. The average Bonchev–Trinajstić information content (AvgIpc) is 0.931. The molecule has 0 bridgehead atoms. The normalized spacial score (nSPS) is 14.2. The number of carbonyl (C=O) groups excluding carboxylic acids is 4. The molecule has 0 heterocycles. The molecule has 6 atom stereocenters. The van der Waals surface area contributed by atoms with E-state index in [0.717, 1.165) is 108 Å². The van der Waals surface area contributed by atoms with Crippen LogP contribution in [0, 0.1) is 17.8 Å². The van der Waals surface area contributed by atoms with Gasteiger partial charge >= 0.3 is 39.5 Å². The summed E-state index contributed by atoms with van der Waals surface area (Å²) in [6.07, 6.45) is 60.0. The molecule has 0 saturated carbocycles. The molecule has 0 spiro atoms. The zero-order valence-corrected chi connectivity index (χ0v) is 67.5. The van der Waals surface area contributed by atoms with Gasteiger partial charge in [-0.15, -0.1) is 0 Å². The summed E-state index contributed by atoms with van der Waals surface area (Å²) < 4.78 is 68.6. The monoisotopic (exact) mass is 1470 g/mol. The molecule has 0 saturated heterocycles. The van der Waals surface area contributed by atoms with Gasteiger partial charge in [0.15, 0.2) is 12.2 Å². The lowest BCUT2D eigenvalue weighted by atomic mass is 9.99. The Hall–Kier alpha value is -1.94. The van der Waals surface area contributed by atoms with Crippen LogP contribution in [0.5, 0.6) is 0 Å². The van der Waals surface area contributed by atoms with Gasteiger partial charge in [0.2, 0.25) is 0 Å². The highest BCUT2D eigenvalue weighted by Crippen LogP contribution is 2.45. The van der Waals surface area contributed by atoms with Gasteiger partial charge in [-0.2, -0.15) is 0 Å². The number of phosphoric acid groups is 2. The zero-order chi connectivity index (χ0) is 73.7. The summed E-state index contributed by atoms with van der Waals surface area (Å²) in [6, 6.07) is 0. The van der Waals surface area contributed by atoms with Crippen LogP contribution < -0.4 is 0 Å². The van der Waals surface area contributed by atoms with Crippen LogP contribution in [0.1, 0.15) is 421 Å². The largest absolute Gasteiger partial charge is 0.472 e. The van der Waals surface area contributed by atoms with E-state index in [1.165, 1.54) is 225 Å². The Labute approximate surface area is 613 Å². The van der Waals surface area contributed by atoms with Crippen LogP contribution in [0.3, 0.4) is 0 Å². The molecule has 19 heteroatoms. The van der Waals surface area contributed by atoms with Crippen LogP contribution >= 0.6 is 15.6 Å². The fourth-order valence-electron chi connectivity index (χ4n) is 12.5. The second kappa shape index (κ2) is 71.3. The third kappa shape index (κ3) is 73.0. The van der Waals surface area contributed by atoms with Crippen molar-refractivity contribution in [1.82, 2.24) is 0 Å². The summed E-state index contributed by atoms with van der Waals surface area (Å²) in [6.45, 7) is 11.9. The summed E-state index contributed by atoms with van der Waals surface area (Å²) >= 11 is 0. The van der Waals surface area contributed by atoms with E-state index < -0.39 is 97.5 Å². The van der Waals surface area contributed by atoms with Crippen LogP contribution in [-0.2, 0) is 65.4 Å². The van der Waals surface area contributed by atoms with Crippen LogP contribution in [-0.4, -0.2) is 96.7 Å². The van der Waals surface area contributed by atoms with E-state index in [1.54, 1.807) is 0 Å². The quantitative estimate of drug-likeness (QED) is 0.0222. The molecule has 0 radical (unpaired) electrons. The lowest BCUT2D eigenvalue weighted by Gasteiger charge is -2.21. The van der Waals surface area contributed by atoms with Crippen molar-refractivity contribution >= 4 is 39.5 Å². The van der Waals surface area contributed by atoms with Crippen molar-refractivity contribution in [2.24, 2.45) is 17.8 Å². The predicted molar refractivity (Wildman–Crippen MR) is 409 cm³/mol. The van der Waals surface area contributed by atoms with Crippen LogP contribution in [0.2, 0.25) is 0 Å². The number of esters is 4. The van der Waals surface area contributed by atoms with Crippen molar-refractivity contribution in [2.75, 3.05) is 39.6 Å². The molecule has 0 aromatic carbocycles. The SMILES string of the molecule is CCCCCCCCCCCCCCCCCCCCCCCCC(=O)O[C@H](COC(=O)CCCCCCCCCCCCCCCCC(C)C)COP(=O)(O)OC[C@@H](O)COP(=O)(O)OC[C@@H](COC(=O)CCCCCCCCC(C)C)OC(=O)CCCCCCCCCCC(C)CC. The molecule has 100 heavy (non-hydrogen) atoms. The Morgan fingerprint density at radius 3 is 0.760 bits per heavy atom. The van der Waals surface area contributed by atoms with Gasteiger partial charge in [-0.3, -0.25) is 37.3 Å². The Kier molecular flexibility index (Phi) is 69.9. The van der Waals surface area contributed by atoms with Gasteiger partial charge in [-0.25, -0.2) is 9.13 Å². The highest BCUT2D eigenvalue weighted by atomic mass is 31.2. The number of phosphoric ester groups is 2. The second-order valence-electron chi connectivity index (χ2n) is 30.4. The van der Waals surface area contributed by atoms with Gasteiger partial charge in [0.1, 0.15) is 19.3 Å². The first-order valence-corrected chi connectivity index (χ1v) is 44.9. The molecule has 3 N–H and O–H groups in total. The van der Waals surface area contributed by atoms with E-state index >= 15 is 0 Å².